The predicted octanol–water partition coefficient (Wildman–Crippen LogP) is 5.06. The molecule has 32 heavy (non-hydrogen) atoms. The topological polar surface area (TPSA) is 59.0 Å². The van der Waals surface area contributed by atoms with E-state index < -0.39 is 17.3 Å². The summed E-state index contributed by atoms with van der Waals surface area (Å²) in [5.41, 5.74) is -1.47. The van der Waals surface area contributed by atoms with Gasteiger partial charge in [-0.05, 0) is 66.8 Å². The SMILES string of the molecule is COc1ccc(Oc2cc(CC(=O)N3CCC(O)(C(C)C)CC3)cc(C(F)(F)F)c2)cc1. The maximum absolute atomic E-state index is 13.4. The number of carbonyl (C=O) groups is 1. The number of nitrogens with zero attached hydrogens (tertiary/aromatic N) is 1. The Morgan fingerprint density at radius 2 is 1.66 bits per heavy atom. The second-order valence-electron chi connectivity index (χ2n) is 8.46. The highest BCUT2D eigenvalue weighted by Gasteiger charge is 2.36. The lowest BCUT2D eigenvalue weighted by Crippen LogP contribution is -2.49. The van der Waals surface area contributed by atoms with E-state index >= 15 is 0 Å². The van der Waals surface area contributed by atoms with Crippen LogP contribution < -0.4 is 9.47 Å². The van der Waals surface area contributed by atoms with Crippen molar-refractivity contribution in [3.05, 3.63) is 53.6 Å². The number of benzene rings is 2. The Balaban J connectivity index is 1.76. The minimum Gasteiger partial charge on any atom is -0.497 e. The second-order valence-corrected chi connectivity index (χ2v) is 8.46. The predicted molar refractivity (Wildman–Crippen MR) is 114 cm³/mol. The molecule has 1 fully saturated rings. The molecule has 1 aliphatic rings. The van der Waals surface area contributed by atoms with Crippen molar-refractivity contribution in [2.24, 2.45) is 5.92 Å². The van der Waals surface area contributed by atoms with Crippen LogP contribution in [-0.2, 0) is 17.4 Å². The summed E-state index contributed by atoms with van der Waals surface area (Å²) in [6.45, 7) is 4.62. The van der Waals surface area contributed by atoms with Crippen LogP contribution in [0.1, 0.15) is 37.8 Å². The first kappa shape index (κ1) is 23.9. The Hall–Kier alpha value is -2.74. The van der Waals surface area contributed by atoms with Gasteiger partial charge in [0.1, 0.15) is 17.2 Å². The maximum Gasteiger partial charge on any atom is 0.416 e. The van der Waals surface area contributed by atoms with Crippen LogP contribution in [0.4, 0.5) is 13.2 Å². The van der Waals surface area contributed by atoms with Crippen molar-refractivity contribution in [2.75, 3.05) is 20.2 Å². The summed E-state index contributed by atoms with van der Waals surface area (Å²) < 4.78 is 51.0. The summed E-state index contributed by atoms with van der Waals surface area (Å²) in [7, 11) is 1.51. The van der Waals surface area contributed by atoms with Crippen LogP contribution in [0, 0.1) is 5.92 Å². The average Bonchev–Trinajstić information content (AvgIpc) is 2.74. The lowest BCUT2D eigenvalue weighted by Gasteiger charge is -2.40. The van der Waals surface area contributed by atoms with E-state index in [4.69, 9.17) is 9.47 Å². The summed E-state index contributed by atoms with van der Waals surface area (Å²) in [6, 6.07) is 9.81. The van der Waals surface area contributed by atoms with Crippen LogP contribution in [0.5, 0.6) is 17.2 Å². The molecule has 1 N–H and O–H groups in total. The highest BCUT2D eigenvalue weighted by Crippen LogP contribution is 2.35. The van der Waals surface area contributed by atoms with Crippen LogP contribution in [0.15, 0.2) is 42.5 Å². The number of amides is 1. The molecule has 0 atom stereocenters. The Morgan fingerprint density at radius 3 is 2.19 bits per heavy atom. The highest BCUT2D eigenvalue weighted by molar-refractivity contribution is 5.79. The van der Waals surface area contributed by atoms with Gasteiger partial charge in [0.2, 0.25) is 5.91 Å². The average molecular weight is 451 g/mol. The van der Waals surface area contributed by atoms with Crippen molar-refractivity contribution >= 4 is 5.91 Å². The monoisotopic (exact) mass is 451 g/mol. The molecule has 0 bridgehead atoms. The molecule has 2 aromatic rings. The Labute approximate surface area is 185 Å². The van der Waals surface area contributed by atoms with E-state index in [1.807, 2.05) is 13.8 Å². The molecule has 0 unspecified atom stereocenters. The first-order valence-electron chi connectivity index (χ1n) is 10.5. The van der Waals surface area contributed by atoms with Gasteiger partial charge in [-0.1, -0.05) is 13.8 Å². The molecule has 0 aliphatic carbocycles. The van der Waals surface area contributed by atoms with Crippen LogP contribution in [0.25, 0.3) is 0 Å². The van der Waals surface area contributed by atoms with Crippen molar-refractivity contribution in [1.29, 1.82) is 0 Å². The number of ether oxygens (including phenoxy) is 2. The molecule has 8 heteroatoms. The molecule has 1 amide bonds. The molecule has 1 heterocycles. The van der Waals surface area contributed by atoms with Crippen molar-refractivity contribution < 1.29 is 32.5 Å². The Kier molecular flexibility index (Phi) is 7.03. The molecule has 174 valence electrons. The number of methoxy groups -OCH3 is 1. The summed E-state index contributed by atoms with van der Waals surface area (Å²) >= 11 is 0. The Morgan fingerprint density at radius 1 is 1.06 bits per heavy atom. The maximum atomic E-state index is 13.4. The number of rotatable bonds is 6. The molecule has 0 saturated carbocycles. The lowest BCUT2D eigenvalue weighted by atomic mass is 9.81. The standard InChI is InChI=1S/C24H28F3NO4/c1-16(2)23(30)8-10-28(11-9-23)22(29)14-17-12-18(24(25,26)27)15-21(13-17)32-20-6-4-19(31-3)5-7-20/h4-7,12-13,15-16,30H,8-11,14H2,1-3H3. The zero-order valence-corrected chi connectivity index (χ0v) is 18.4. The molecule has 5 nitrogen and oxygen atoms in total. The summed E-state index contributed by atoms with van der Waals surface area (Å²) in [4.78, 5) is 14.4. The number of alkyl halides is 3. The number of carbonyl (C=O) groups excluding carboxylic acids is 1. The van der Waals surface area contributed by atoms with E-state index in [9.17, 15) is 23.1 Å². The minimum absolute atomic E-state index is 0.000573. The lowest BCUT2D eigenvalue weighted by molar-refractivity contribution is -0.138. The quantitative estimate of drug-likeness (QED) is 0.667. The van der Waals surface area contributed by atoms with Gasteiger partial charge in [-0.2, -0.15) is 13.2 Å². The fourth-order valence-corrected chi connectivity index (χ4v) is 3.77. The van der Waals surface area contributed by atoms with Gasteiger partial charge in [0.25, 0.3) is 0 Å². The minimum atomic E-state index is -4.57. The third kappa shape index (κ3) is 5.73. The largest absolute Gasteiger partial charge is 0.497 e. The number of hydrogen-bond acceptors (Lipinski definition) is 4. The van der Waals surface area contributed by atoms with Crippen molar-refractivity contribution in [3.8, 4) is 17.2 Å². The molecule has 3 rings (SSSR count). The van der Waals surface area contributed by atoms with Crippen LogP contribution in [0.2, 0.25) is 0 Å². The fourth-order valence-electron chi connectivity index (χ4n) is 3.77. The summed E-state index contributed by atoms with van der Waals surface area (Å²) in [5.74, 6) is 0.747. The van der Waals surface area contributed by atoms with Gasteiger partial charge in [0.15, 0.2) is 0 Å². The first-order chi connectivity index (χ1) is 15.0. The molecule has 0 spiro atoms. The van der Waals surface area contributed by atoms with Gasteiger partial charge in [-0.15, -0.1) is 0 Å². The first-order valence-corrected chi connectivity index (χ1v) is 10.5. The van der Waals surface area contributed by atoms with Gasteiger partial charge in [0.05, 0.1) is 24.7 Å². The highest BCUT2D eigenvalue weighted by atomic mass is 19.4. The van der Waals surface area contributed by atoms with E-state index in [0.717, 1.165) is 12.1 Å². The smallest absolute Gasteiger partial charge is 0.416 e. The van der Waals surface area contributed by atoms with Crippen LogP contribution in [0.3, 0.4) is 0 Å². The summed E-state index contributed by atoms with van der Waals surface area (Å²) in [6.07, 6.45) is -3.85. The van der Waals surface area contributed by atoms with Gasteiger partial charge >= 0.3 is 6.18 Å². The van der Waals surface area contributed by atoms with Gasteiger partial charge in [0, 0.05) is 13.1 Å². The molecule has 2 aromatic carbocycles. The molecular formula is C24H28F3NO4. The van der Waals surface area contributed by atoms with E-state index in [1.165, 1.54) is 13.2 Å². The van der Waals surface area contributed by atoms with Crippen molar-refractivity contribution in [1.82, 2.24) is 4.90 Å². The third-order valence-corrected chi connectivity index (χ3v) is 6.00. The number of halogens is 3. The van der Waals surface area contributed by atoms with E-state index in [1.54, 1.807) is 29.2 Å². The number of aliphatic hydroxyl groups is 1. The fraction of sp³-hybridized carbons (Fsp3) is 0.458. The van der Waals surface area contributed by atoms with Crippen molar-refractivity contribution in [3.63, 3.8) is 0 Å². The van der Waals surface area contributed by atoms with E-state index in [0.29, 0.717) is 37.4 Å². The number of likely N-dealkylation sites (tertiary alicyclic amines) is 1. The van der Waals surface area contributed by atoms with Gasteiger partial charge in [-0.3, -0.25) is 4.79 Å². The Bertz CT molecular complexity index is 933. The normalized spacial score (nSPS) is 16.2. The molecule has 1 aliphatic heterocycles. The molecule has 0 aromatic heterocycles. The number of piperidine rings is 1. The number of hydrogen-bond donors (Lipinski definition) is 1. The molecule has 0 radical (unpaired) electrons. The zero-order chi connectivity index (χ0) is 23.5. The molecule has 1 saturated heterocycles. The van der Waals surface area contributed by atoms with Gasteiger partial charge < -0.3 is 19.5 Å². The zero-order valence-electron chi connectivity index (χ0n) is 18.4. The van der Waals surface area contributed by atoms with E-state index in [-0.39, 0.29) is 29.6 Å². The van der Waals surface area contributed by atoms with Crippen LogP contribution >= 0.6 is 0 Å². The third-order valence-electron chi connectivity index (χ3n) is 6.00. The van der Waals surface area contributed by atoms with Crippen LogP contribution in [-0.4, -0.2) is 41.7 Å². The summed E-state index contributed by atoms with van der Waals surface area (Å²) in [5, 5.41) is 10.6. The van der Waals surface area contributed by atoms with E-state index in [2.05, 4.69) is 0 Å². The second kappa shape index (κ2) is 9.40. The molecular weight excluding hydrogens is 423 g/mol. The van der Waals surface area contributed by atoms with Gasteiger partial charge in [-0.25, -0.2) is 0 Å². The van der Waals surface area contributed by atoms with Crippen molar-refractivity contribution in [2.45, 2.75) is 44.9 Å².